The van der Waals surface area contributed by atoms with Crippen LogP contribution in [0, 0.1) is 11.3 Å². The molecule has 0 aromatic rings. The average molecular weight is 186 g/mol. The van der Waals surface area contributed by atoms with Crippen molar-refractivity contribution in [2.24, 2.45) is 11.3 Å². The molecular weight excluding hydrogens is 172 g/mol. The highest BCUT2D eigenvalue weighted by molar-refractivity contribution is 7.81. The molecule has 3 heteroatoms. The van der Waals surface area contributed by atoms with Gasteiger partial charge >= 0.3 is 0 Å². The van der Waals surface area contributed by atoms with Gasteiger partial charge in [-0.3, -0.25) is 9.59 Å². The number of carbonyl (C=O) groups is 2. The Labute approximate surface area is 78.1 Å². The largest absolute Gasteiger partial charge is 0.299 e. The summed E-state index contributed by atoms with van der Waals surface area (Å²) in [4.78, 5) is 22.8. The third-order valence-electron chi connectivity index (χ3n) is 2.20. The summed E-state index contributed by atoms with van der Waals surface area (Å²) >= 11 is 4.07. The van der Waals surface area contributed by atoms with Crippen LogP contribution >= 0.6 is 12.6 Å². The van der Waals surface area contributed by atoms with Crippen LogP contribution in [-0.2, 0) is 9.59 Å². The fourth-order valence-corrected chi connectivity index (χ4v) is 2.00. The number of ketones is 2. The van der Waals surface area contributed by atoms with Gasteiger partial charge in [0, 0.05) is 6.42 Å². The molecule has 2 unspecified atom stereocenters. The molecule has 0 aromatic heterocycles. The lowest BCUT2D eigenvalue weighted by Crippen LogP contribution is -2.30. The zero-order valence-electron chi connectivity index (χ0n) is 7.63. The maximum atomic E-state index is 11.5. The van der Waals surface area contributed by atoms with Gasteiger partial charge in [0.15, 0.2) is 5.78 Å². The molecule has 0 bridgehead atoms. The molecule has 0 radical (unpaired) electrons. The van der Waals surface area contributed by atoms with Gasteiger partial charge in [-0.25, -0.2) is 0 Å². The summed E-state index contributed by atoms with van der Waals surface area (Å²) < 4.78 is 0. The molecule has 0 aromatic carbocycles. The first kappa shape index (κ1) is 9.78. The Morgan fingerprint density at radius 3 is 2.00 bits per heavy atom. The minimum Gasteiger partial charge on any atom is -0.299 e. The summed E-state index contributed by atoms with van der Waals surface area (Å²) in [5, 5.41) is -0.360. The van der Waals surface area contributed by atoms with Crippen LogP contribution in [0.25, 0.3) is 0 Å². The zero-order valence-corrected chi connectivity index (χ0v) is 8.52. The van der Waals surface area contributed by atoms with Crippen LogP contribution in [0.5, 0.6) is 0 Å². The Morgan fingerprint density at radius 2 is 1.83 bits per heavy atom. The number of thiol groups is 1. The van der Waals surface area contributed by atoms with E-state index >= 15 is 0 Å². The quantitative estimate of drug-likeness (QED) is 0.459. The molecule has 1 fully saturated rings. The van der Waals surface area contributed by atoms with E-state index in [1.807, 2.05) is 20.8 Å². The predicted octanol–water partition coefficient (Wildman–Crippen LogP) is 1.49. The van der Waals surface area contributed by atoms with Gasteiger partial charge < -0.3 is 0 Å². The van der Waals surface area contributed by atoms with Crippen molar-refractivity contribution in [2.75, 3.05) is 0 Å². The van der Waals surface area contributed by atoms with Crippen molar-refractivity contribution in [2.45, 2.75) is 32.4 Å². The van der Waals surface area contributed by atoms with Crippen LogP contribution in [-0.4, -0.2) is 16.8 Å². The molecule has 1 saturated carbocycles. The molecule has 0 saturated heterocycles. The summed E-state index contributed by atoms with van der Waals surface area (Å²) in [6, 6.07) is 0. The Bertz CT molecular complexity index is 227. The lowest BCUT2D eigenvalue weighted by Gasteiger charge is -2.23. The summed E-state index contributed by atoms with van der Waals surface area (Å²) in [5.41, 5.74) is -0.244. The van der Waals surface area contributed by atoms with Gasteiger partial charge in [0.2, 0.25) is 0 Å². The molecule has 1 aliphatic carbocycles. The summed E-state index contributed by atoms with van der Waals surface area (Å²) in [7, 11) is 0. The minimum absolute atomic E-state index is 0.00386. The number of rotatable bonds is 0. The summed E-state index contributed by atoms with van der Waals surface area (Å²) in [5.74, 6) is -0.386. The number of Topliss-reactive ketones (excluding diaryl/α,β-unsaturated/α-hetero) is 2. The molecule has 1 aliphatic rings. The molecule has 12 heavy (non-hydrogen) atoms. The number of hydrogen-bond acceptors (Lipinski definition) is 3. The van der Waals surface area contributed by atoms with Gasteiger partial charge in [-0.2, -0.15) is 12.6 Å². The van der Waals surface area contributed by atoms with Crippen molar-refractivity contribution in [3.05, 3.63) is 0 Å². The Hall–Kier alpha value is -0.310. The van der Waals surface area contributed by atoms with Crippen molar-refractivity contribution in [3.8, 4) is 0 Å². The normalized spacial score (nSPS) is 31.3. The monoisotopic (exact) mass is 186 g/mol. The van der Waals surface area contributed by atoms with Crippen LogP contribution in [0.3, 0.4) is 0 Å². The van der Waals surface area contributed by atoms with Crippen molar-refractivity contribution in [1.29, 1.82) is 0 Å². The SMILES string of the molecule is CC(C)(C)C1C(=O)CC(S)C1=O. The van der Waals surface area contributed by atoms with Crippen molar-refractivity contribution in [3.63, 3.8) is 0 Å². The highest BCUT2D eigenvalue weighted by atomic mass is 32.1. The highest BCUT2D eigenvalue weighted by Crippen LogP contribution is 2.35. The second-order valence-corrected chi connectivity index (χ2v) is 5.01. The minimum atomic E-state index is -0.431. The molecular formula is C9H14O2S. The molecule has 0 heterocycles. The van der Waals surface area contributed by atoms with Crippen LogP contribution in [0.2, 0.25) is 0 Å². The van der Waals surface area contributed by atoms with Gasteiger partial charge in [0.1, 0.15) is 5.78 Å². The van der Waals surface area contributed by atoms with Gasteiger partial charge in [0.05, 0.1) is 11.2 Å². The molecule has 68 valence electrons. The molecule has 0 spiro atoms. The zero-order chi connectivity index (χ0) is 9.52. The van der Waals surface area contributed by atoms with Gasteiger partial charge in [-0.15, -0.1) is 0 Å². The molecule has 1 rings (SSSR count). The van der Waals surface area contributed by atoms with E-state index in [0.29, 0.717) is 6.42 Å². The van der Waals surface area contributed by atoms with Crippen molar-refractivity contribution in [1.82, 2.24) is 0 Å². The van der Waals surface area contributed by atoms with Crippen LogP contribution < -0.4 is 0 Å². The second-order valence-electron chi connectivity index (χ2n) is 4.39. The van der Waals surface area contributed by atoms with E-state index in [1.54, 1.807) is 0 Å². The molecule has 0 aliphatic heterocycles. The van der Waals surface area contributed by atoms with Crippen LogP contribution in [0.1, 0.15) is 27.2 Å². The van der Waals surface area contributed by atoms with Crippen LogP contribution in [0.4, 0.5) is 0 Å². The maximum absolute atomic E-state index is 11.5. The average Bonchev–Trinajstić information content (AvgIpc) is 2.05. The Kier molecular flexibility index (Phi) is 2.34. The maximum Gasteiger partial charge on any atom is 0.156 e. The number of carbonyl (C=O) groups excluding carboxylic acids is 2. The Morgan fingerprint density at radius 1 is 1.33 bits per heavy atom. The van der Waals surface area contributed by atoms with Gasteiger partial charge in [-0.1, -0.05) is 20.8 Å². The highest BCUT2D eigenvalue weighted by Gasteiger charge is 2.45. The third kappa shape index (κ3) is 1.56. The Balaban J connectivity index is 2.92. The lowest BCUT2D eigenvalue weighted by atomic mass is 9.79. The van der Waals surface area contributed by atoms with Crippen molar-refractivity contribution >= 4 is 24.2 Å². The predicted molar refractivity (Wildman–Crippen MR) is 50.4 cm³/mol. The first-order chi connectivity index (χ1) is 5.34. The third-order valence-corrected chi connectivity index (χ3v) is 2.63. The smallest absolute Gasteiger partial charge is 0.156 e. The lowest BCUT2D eigenvalue weighted by molar-refractivity contribution is -0.131. The van der Waals surface area contributed by atoms with Crippen LogP contribution in [0.15, 0.2) is 0 Å². The number of hydrogen-bond donors (Lipinski definition) is 1. The molecule has 0 N–H and O–H groups in total. The molecule has 2 atom stereocenters. The van der Waals surface area contributed by atoms with E-state index in [4.69, 9.17) is 0 Å². The van der Waals surface area contributed by atoms with E-state index in [-0.39, 0.29) is 22.2 Å². The second kappa shape index (κ2) is 2.87. The summed E-state index contributed by atoms with van der Waals surface area (Å²) in [6.07, 6.45) is 0.309. The van der Waals surface area contributed by atoms with E-state index < -0.39 is 5.92 Å². The van der Waals surface area contributed by atoms with Crippen molar-refractivity contribution < 1.29 is 9.59 Å². The van der Waals surface area contributed by atoms with E-state index in [2.05, 4.69) is 12.6 Å². The van der Waals surface area contributed by atoms with E-state index in [9.17, 15) is 9.59 Å². The fraction of sp³-hybridized carbons (Fsp3) is 0.778. The van der Waals surface area contributed by atoms with E-state index in [0.717, 1.165) is 0 Å². The van der Waals surface area contributed by atoms with Gasteiger partial charge in [-0.05, 0) is 5.41 Å². The topological polar surface area (TPSA) is 34.1 Å². The fourth-order valence-electron chi connectivity index (χ4n) is 1.67. The van der Waals surface area contributed by atoms with Gasteiger partial charge in [0.25, 0.3) is 0 Å². The standard InChI is InChI=1S/C9H14O2S/c1-9(2,3)7-5(10)4-6(12)8(7)11/h6-7,12H,4H2,1-3H3. The molecule has 2 nitrogen and oxygen atoms in total. The van der Waals surface area contributed by atoms with E-state index in [1.165, 1.54) is 0 Å². The summed E-state index contributed by atoms with van der Waals surface area (Å²) in [6.45, 7) is 5.75. The first-order valence-corrected chi connectivity index (χ1v) is 4.60. The molecule has 0 amide bonds. The first-order valence-electron chi connectivity index (χ1n) is 4.08.